The van der Waals surface area contributed by atoms with Crippen LogP contribution in [0, 0.1) is 0 Å². The number of aromatic nitrogens is 2. The smallest absolute Gasteiger partial charge is 0.314 e. The predicted molar refractivity (Wildman–Crippen MR) is 94.8 cm³/mol. The Balaban J connectivity index is 2.03. The second-order valence-corrected chi connectivity index (χ2v) is 8.81. The molecule has 0 spiro atoms. The predicted octanol–water partition coefficient (Wildman–Crippen LogP) is 3.91. The fraction of sp³-hybridized carbons (Fsp3) is 0.500. The molecule has 0 N–H and O–H groups in total. The highest BCUT2D eigenvalue weighted by Crippen LogP contribution is 2.55. The lowest BCUT2D eigenvalue weighted by molar-refractivity contribution is -0.117. The highest BCUT2D eigenvalue weighted by atomic mass is 32.2. The summed E-state index contributed by atoms with van der Waals surface area (Å²) in [4.78, 5) is 16.7. The molecule has 1 aromatic carbocycles. The van der Waals surface area contributed by atoms with E-state index in [2.05, 4.69) is 4.98 Å². The van der Waals surface area contributed by atoms with Crippen molar-refractivity contribution in [2.45, 2.75) is 37.2 Å². The molecule has 0 saturated carbocycles. The van der Waals surface area contributed by atoms with E-state index in [1.54, 1.807) is 20.8 Å². The van der Waals surface area contributed by atoms with Crippen LogP contribution < -0.4 is 0 Å². The van der Waals surface area contributed by atoms with Gasteiger partial charge in [-0.15, -0.1) is 0 Å². The van der Waals surface area contributed by atoms with Crippen LogP contribution in [-0.2, 0) is 18.4 Å². The molecule has 0 aliphatic carbocycles. The maximum absolute atomic E-state index is 13.0. The Morgan fingerprint density at radius 3 is 2.58 bits per heavy atom. The molecule has 2 unspecified atom stereocenters. The number of thioether (sulfide) groups is 1. The number of ketones is 1. The highest BCUT2D eigenvalue weighted by molar-refractivity contribution is 8.00. The van der Waals surface area contributed by atoms with Gasteiger partial charge in [-0.25, -0.2) is 4.98 Å². The molecule has 3 rings (SSSR count). The van der Waals surface area contributed by atoms with Crippen LogP contribution in [0.25, 0.3) is 11.0 Å². The molecular weight excluding hydrogens is 347 g/mol. The second kappa shape index (κ2) is 7.00. The lowest BCUT2D eigenvalue weighted by Gasteiger charge is -2.24. The minimum atomic E-state index is -3.27. The molecule has 130 valence electrons. The van der Waals surface area contributed by atoms with Gasteiger partial charge in [0.15, 0.2) is 5.16 Å². The summed E-state index contributed by atoms with van der Waals surface area (Å²) < 4.78 is 25.9. The van der Waals surface area contributed by atoms with Crippen LogP contribution in [0.5, 0.6) is 0 Å². The summed E-state index contributed by atoms with van der Waals surface area (Å²) in [6.07, 6.45) is 0.166. The van der Waals surface area contributed by atoms with Crippen molar-refractivity contribution in [3.63, 3.8) is 0 Å². The standard InChI is InChI=1S/C16H21N2O4PS/c1-4-21-23(20,22-5-2)10-14-15(11(3)19)24-16-17-12-8-6-7-9-13(12)18(14)16/h6-9,14-15H,4-5,10H2,1-3H3. The van der Waals surface area contributed by atoms with E-state index in [1.807, 2.05) is 28.8 Å². The Morgan fingerprint density at radius 2 is 1.96 bits per heavy atom. The number of carbonyl (C=O) groups is 1. The van der Waals surface area contributed by atoms with Crippen molar-refractivity contribution in [3.8, 4) is 0 Å². The molecule has 2 aromatic rings. The first-order valence-electron chi connectivity index (χ1n) is 8.01. The topological polar surface area (TPSA) is 70.4 Å². The number of hydrogen-bond acceptors (Lipinski definition) is 6. The van der Waals surface area contributed by atoms with Crippen LogP contribution in [0.15, 0.2) is 29.4 Å². The first-order valence-corrected chi connectivity index (χ1v) is 10.6. The van der Waals surface area contributed by atoms with Crippen molar-refractivity contribution in [3.05, 3.63) is 24.3 Å². The van der Waals surface area contributed by atoms with E-state index in [0.717, 1.165) is 16.2 Å². The number of fused-ring (bicyclic) bond motifs is 3. The molecule has 24 heavy (non-hydrogen) atoms. The first-order chi connectivity index (χ1) is 11.5. The van der Waals surface area contributed by atoms with Gasteiger partial charge in [0.25, 0.3) is 0 Å². The third kappa shape index (κ3) is 3.18. The zero-order valence-electron chi connectivity index (χ0n) is 14.0. The monoisotopic (exact) mass is 368 g/mol. The minimum absolute atomic E-state index is 0.0409. The summed E-state index contributed by atoms with van der Waals surface area (Å²) in [5.41, 5.74) is 1.81. The van der Waals surface area contributed by atoms with Gasteiger partial charge in [-0.1, -0.05) is 23.9 Å². The number of carbonyl (C=O) groups excluding carboxylic acids is 1. The number of imidazole rings is 1. The summed E-state index contributed by atoms with van der Waals surface area (Å²) in [6, 6.07) is 7.47. The lowest BCUT2D eigenvalue weighted by Crippen LogP contribution is -2.26. The average molecular weight is 368 g/mol. The van der Waals surface area contributed by atoms with E-state index in [0.29, 0.717) is 13.2 Å². The summed E-state index contributed by atoms with van der Waals surface area (Å²) in [7, 11) is -3.27. The van der Waals surface area contributed by atoms with Crippen LogP contribution in [0.1, 0.15) is 26.8 Å². The Kier molecular flexibility index (Phi) is 5.16. The van der Waals surface area contributed by atoms with Crippen molar-refractivity contribution < 1.29 is 18.4 Å². The van der Waals surface area contributed by atoms with Crippen LogP contribution in [0.2, 0.25) is 0 Å². The first kappa shape index (κ1) is 17.7. The summed E-state index contributed by atoms with van der Waals surface area (Å²) >= 11 is 1.43. The summed E-state index contributed by atoms with van der Waals surface area (Å²) in [5.74, 6) is 0.0409. The fourth-order valence-electron chi connectivity index (χ4n) is 3.05. The number of nitrogens with zero attached hydrogens (tertiary/aromatic N) is 2. The Morgan fingerprint density at radius 1 is 1.29 bits per heavy atom. The van der Waals surface area contributed by atoms with Gasteiger partial charge in [0.2, 0.25) is 0 Å². The zero-order valence-corrected chi connectivity index (χ0v) is 15.7. The lowest BCUT2D eigenvalue weighted by atomic mass is 10.1. The molecule has 0 amide bonds. The van der Waals surface area contributed by atoms with Crippen molar-refractivity contribution in [1.82, 2.24) is 9.55 Å². The van der Waals surface area contributed by atoms with Gasteiger partial charge >= 0.3 is 7.60 Å². The number of benzene rings is 1. The van der Waals surface area contributed by atoms with Crippen molar-refractivity contribution in [2.24, 2.45) is 0 Å². The van der Waals surface area contributed by atoms with Gasteiger partial charge in [-0.2, -0.15) is 0 Å². The molecule has 0 saturated heterocycles. The SMILES string of the molecule is CCOP(=O)(CC1C(C(C)=O)Sc2nc3ccccc3n21)OCC. The molecule has 1 aliphatic heterocycles. The van der Waals surface area contributed by atoms with E-state index >= 15 is 0 Å². The van der Waals surface area contributed by atoms with Gasteiger partial charge < -0.3 is 13.6 Å². The molecule has 6 nitrogen and oxygen atoms in total. The van der Waals surface area contributed by atoms with Gasteiger partial charge in [0, 0.05) is 0 Å². The van der Waals surface area contributed by atoms with Crippen LogP contribution in [0.3, 0.4) is 0 Å². The van der Waals surface area contributed by atoms with Crippen molar-refractivity contribution in [2.75, 3.05) is 19.4 Å². The second-order valence-electron chi connectivity index (χ2n) is 5.60. The van der Waals surface area contributed by atoms with Crippen molar-refractivity contribution in [1.29, 1.82) is 0 Å². The third-order valence-corrected chi connectivity index (χ3v) is 7.46. The van der Waals surface area contributed by atoms with Crippen LogP contribution in [0.4, 0.5) is 0 Å². The molecule has 1 aliphatic rings. The Labute approximate surface area is 145 Å². The van der Waals surface area contributed by atoms with E-state index < -0.39 is 7.60 Å². The zero-order chi connectivity index (χ0) is 17.3. The maximum atomic E-state index is 13.0. The maximum Gasteiger partial charge on any atom is 0.332 e. The van der Waals surface area contributed by atoms with E-state index in [4.69, 9.17) is 9.05 Å². The summed E-state index contributed by atoms with van der Waals surface area (Å²) in [6.45, 7) is 5.75. The largest absolute Gasteiger partial charge is 0.332 e. The van der Waals surface area contributed by atoms with E-state index in [9.17, 15) is 9.36 Å². The molecule has 0 radical (unpaired) electrons. The number of para-hydroxylation sites is 2. The van der Waals surface area contributed by atoms with Crippen LogP contribution in [-0.4, -0.2) is 40.0 Å². The molecule has 8 heteroatoms. The van der Waals surface area contributed by atoms with Crippen molar-refractivity contribution >= 4 is 36.2 Å². The molecular formula is C16H21N2O4PS. The number of hydrogen-bond donors (Lipinski definition) is 0. The van der Waals surface area contributed by atoms with Gasteiger partial charge in [-0.3, -0.25) is 9.36 Å². The molecule has 0 fully saturated rings. The number of Topliss-reactive ketones (excluding diaryl/α,β-unsaturated/α-hetero) is 1. The molecule has 1 aromatic heterocycles. The molecule has 2 atom stereocenters. The Bertz CT molecular complexity index is 796. The Hall–Kier alpha value is -1.14. The normalized spacial score (nSPS) is 20.5. The van der Waals surface area contributed by atoms with Gasteiger partial charge in [-0.05, 0) is 32.9 Å². The van der Waals surface area contributed by atoms with Gasteiger partial charge in [0.05, 0.1) is 41.7 Å². The third-order valence-electron chi connectivity index (χ3n) is 3.94. The summed E-state index contributed by atoms with van der Waals surface area (Å²) in [5, 5.41) is 0.451. The van der Waals surface area contributed by atoms with E-state index in [1.165, 1.54) is 11.8 Å². The average Bonchev–Trinajstić information content (AvgIpc) is 3.04. The van der Waals surface area contributed by atoms with E-state index in [-0.39, 0.29) is 23.2 Å². The molecule has 2 heterocycles. The minimum Gasteiger partial charge on any atom is -0.314 e. The quantitative estimate of drug-likeness (QED) is 0.690. The van der Waals surface area contributed by atoms with Gasteiger partial charge in [0.1, 0.15) is 5.78 Å². The highest BCUT2D eigenvalue weighted by Gasteiger charge is 2.43. The molecule has 0 bridgehead atoms. The van der Waals surface area contributed by atoms with Crippen LogP contribution >= 0.6 is 19.4 Å². The fourth-order valence-corrected chi connectivity index (χ4v) is 6.36. The number of rotatable bonds is 7.